The maximum absolute atomic E-state index is 15.0. The van der Waals surface area contributed by atoms with Gasteiger partial charge in [-0.25, -0.2) is 19.2 Å². The zero-order valence-electron chi connectivity index (χ0n) is 42.7. The van der Waals surface area contributed by atoms with Crippen LogP contribution in [0.25, 0.3) is 5.69 Å². The monoisotopic (exact) mass is 1050 g/mol. The van der Waals surface area contributed by atoms with E-state index in [9.17, 15) is 15.1 Å². The number of fused-ring (bicyclic) bond motifs is 1. The van der Waals surface area contributed by atoms with Crippen molar-refractivity contribution in [1.82, 2.24) is 19.7 Å². The van der Waals surface area contributed by atoms with E-state index in [0.717, 1.165) is 31.5 Å². The number of nitriles is 2. The van der Waals surface area contributed by atoms with Crippen molar-refractivity contribution in [3.05, 3.63) is 94.8 Å². The van der Waals surface area contributed by atoms with Crippen molar-refractivity contribution in [2.45, 2.75) is 166 Å². The maximum Gasteiger partial charge on any atom is 0.530 e. The number of rotatable bonds is 34. The number of nitrogens with two attached hydrogens (primary N) is 1. The standard InChI is InChI=1S/C53H73ClN9O9P/c1-5-6-15-20-39(2)21-16-13-11-9-7-8-10-12-14-19-28-65-32-42(66-31-40-24-25-41(30-55)46(29-40)63-38-59-37-61-63)33-67-73(64,72-47-23-18-17-22-43(47)54)68-35-53(34-56)50-49(69-52(3,4)71-50)48(70-53)44-26-27-45(62-44)51(58)60-36-57/h17-18,22-27,29,36-39,42,48-50,62H,5-16,19-21,28,31-33,35H2,1-4H3,(H3,57,58,60)/t39?,42-,48+,49+,50+,53-,73?/m1/s1. The fraction of sp³-hybridized carbons (Fsp3) is 0.585. The first-order chi connectivity index (χ1) is 35.3. The van der Waals surface area contributed by atoms with Gasteiger partial charge in [-0.2, -0.15) is 15.6 Å². The van der Waals surface area contributed by atoms with E-state index < -0.39 is 50.2 Å². The van der Waals surface area contributed by atoms with Crippen molar-refractivity contribution in [2.75, 3.05) is 26.4 Å². The molecular formula is C53H73ClN9O9P. The van der Waals surface area contributed by atoms with Gasteiger partial charge in [-0.1, -0.05) is 134 Å². The third-order valence-electron chi connectivity index (χ3n) is 13.0. The second-order valence-electron chi connectivity index (χ2n) is 19.3. The lowest BCUT2D eigenvalue weighted by Gasteiger charge is -2.30. The molecule has 2 saturated heterocycles. The Labute approximate surface area is 435 Å². The molecule has 18 nitrogen and oxygen atoms in total. The number of phosphoric ester groups is 1. The molecule has 2 unspecified atom stereocenters. The van der Waals surface area contributed by atoms with E-state index in [-0.39, 0.29) is 36.4 Å². The fourth-order valence-corrected chi connectivity index (χ4v) is 10.5. The Balaban J connectivity index is 1.09. The number of aromatic amines is 1. The first-order valence-corrected chi connectivity index (χ1v) is 27.5. The van der Waals surface area contributed by atoms with E-state index in [0.29, 0.717) is 34.8 Å². The average Bonchev–Trinajstić information content (AvgIpc) is 4.21. The largest absolute Gasteiger partial charge is 0.530 e. The maximum atomic E-state index is 15.0. The Kier molecular flexibility index (Phi) is 22.5. The number of unbranched alkanes of at least 4 members (excludes halogenated alkanes) is 11. The van der Waals surface area contributed by atoms with Gasteiger partial charge in [0.1, 0.15) is 73.7 Å². The Bertz CT molecular complexity index is 2500. The zero-order valence-corrected chi connectivity index (χ0v) is 44.4. The molecule has 7 atom stereocenters. The summed E-state index contributed by atoms with van der Waals surface area (Å²) in [6, 6.07) is 19.4. The van der Waals surface area contributed by atoms with E-state index in [4.69, 9.17) is 60.0 Å². The lowest BCUT2D eigenvalue weighted by atomic mass is 9.96. The zero-order chi connectivity index (χ0) is 52.1. The van der Waals surface area contributed by atoms with Gasteiger partial charge < -0.3 is 38.9 Å². The molecule has 0 aliphatic carbocycles. The van der Waals surface area contributed by atoms with Gasteiger partial charge in [0, 0.05) is 12.3 Å². The number of phosphoric acid groups is 1. The molecule has 6 rings (SSSR count). The summed E-state index contributed by atoms with van der Waals surface area (Å²) in [5, 5.41) is 32.3. The van der Waals surface area contributed by atoms with Crippen LogP contribution < -0.4 is 10.3 Å². The highest BCUT2D eigenvalue weighted by Crippen LogP contribution is 2.55. The minimum atomic E-state index is -4.70. The topological polar surface area (TPSA) is 247 Å². The van der Waals surface area contributed by atoms with Gasteiger partial charge in [-0.3, -0.25) is 14.5 Å². The quantitative estimate of drug-likeness (QED) is 0.0170. The number of para-hydroxylation sites is 1. The van der Waals surface area contributed by atoms with Crippen molar-refractivity contribution in [2.24, 2.45) is 16.6 Å². The van der Waals surface area contributed by atoms with Gasteiger partial charge in [0.15, 0.2) is 5.79 Å². The lowest BCUT2D eigenvalue weighted by molar-refractivity contribution is -0.204. The Morgan fingerprint density at radius 2 is 1.70 bits per heavy atom. The molecule has 20 heteroatoms. The van der Waals surface area contributed by atoms with Crippen LogP contribution >= 0.6 is 19.4 Å². The van der Waals surface area contributed by atoms with Gasteiger partial charge in [-0.15, -0.1) is 0 Å². The Hall–Kier alpha value is -4.98. The third-order valence-corrected chi connectivity index (χ3v) is 14.6. The highest BCUT2D eigenvalue weighted by Gasteiger charge is 2.65. The van der Waals surface area contributed by atoms with Gasteiger partial charge in [0.2, 0.25) is 5.60 Å². The van der Waals surface area contributed by atoms with Crippen LogP contribution in [-0.2, 0) is 43.9 Å². The van der Waals surface area contributed by atoms with Gasteiger partial charge in [0.25, 0.3) is 0 Å². The van der Waals surface area contributed by atoms with Crippen LogP contribution in [0.1, 0.15) is 153 Å². The first-order valence-electron chi connectivity index (χ1n) is 25.7. The summed E-state index contributed by atoms with van der Waals surface area (Å²) in [6.07, 6.45) is 18.9. The van der Waals surface area contributed by atoms with Crippen LogP contribution in [0.4, 0.5) is 0 Å². The summed E-state index contributed by atoms with van der Waals surface area (Å²) in [5.74, 6) is -0.206. The number of H-pyrrole nitrogens is 1. The summed E-state index contributed by atoms with van der Waals surface area (Å²) in [7, 11) is -4.70. The average molecular weight is 1050 g/mol. The summed E-state index contributed by atoms with van der Waals surface area (Å²) in [4.78, 5) is 11.0. The number of nitrogens with one attached hydrogen (secondary N) is 2. The predicted octanol–water partition coefficient (Wildman–Crippen LogP) is 11.6. The third kappa shape index (κ3) is 17.0. The summed E-state index contributed by atoms with van der Waals surface area (Å²) in [6.45, 7) is 7.71. The predicted molar refractivity (Wildman–Crippen MR) is 277 cm³/mol. The van der Waals surface area contributed by atoms with Crippen LogP contribution in [0.5, 0.6) is 5.75 Å². The van der Waals surface area contributed by atoms with Crippen molar-refractivity contribution in [3.63, 3.8) is 0 Å². The molecule has 0 spiro atoms. The molecule has 2 aromatic heterocycles. The molecule has 0 amide bonds. The number of amidine groups is 1. The number of hydrogen-bond donors (Lipinski definition) is 3. The minimum absolute atomic E-state index is 0.0105. The molecule has 73 heavy (non-hydrogen) atoms. The van der Waals surface area contributed by atoms with Crippen LogP contribution in [0, 0.1) is 34.0 Å². The van der Waals surface area contributed by atoms with E-state index in [1.54, 1.807) is 62.4 Å². The fourth-order valence-electron chi connectivity index (χ4n) is 9.01. The van der Waals surface area contributed by atoms with Gasteiger partial charge in [0.05, 0.1) is 41.8 Å². The molecular weight excluding hydrogens is 973 g/mol. The molecule has 2 aliphatic heterocycles. The second-order valence-corrected chi connectivity index (χ2v) is 21.3. The molecule has 0 saturated carbocycles. The summed E-state index contributed by atoms with van der Waals surface area (Å²) in [5.41, 5.74) is 6.69. The number of aromatic nitrogens is 4. The molecule has 4 N–H and O–H groups in total. The number of benzene rings is 2. The molecule has 2 aliphatic rings. The van der Waals surface area contributed by atoms with Crippen molar-refractivity contribution < 1.29 is 41.8 Å². The molecule has 396 valence electrons. The molecule has 4 aromatic rings. The molecule has 0 bridgehead atoms. The van der Waals surface area contributed by atoms with Crippen LogP contribution in [0.15, 0.2) is 72.2 Å². The number of nitrogens with zero attached hydrogens (tertiary/aromatic N) is 6. The molecule has 4 heterocycles. The summed E-state index contributed by atoms with van der Waals surface area (Å²) < 4.78 is 66.3. The highest BCUT2D eigenvalue weighted by atomic mass is 35.5. The van der Waals surface area contributed by atoms with Gasteiger partial charge >= 0.3 is 7.82 Å². The van der Waals surface area contributed by atoms with E-state index in [1.807, 2.05) is 0 Å². The van der Waals surface area contributed by atoms with E-state index >= 15 is 0 Å². The van der Waals surface area contributed by atoms with Crippen LogP contribution in [0.2, 0.25) is 5.02 Å². The number of ether oxygens (including phenoxy) is 5. The number of halogens is 1. The van der Waals surface area contributed by atoms with Gasteiger partial charge in [-0.05, 0) is 68.1 Å². The first kappa shape index (κ1) is 57.3. The minimum Gasteiger partial charge on any atom is -0.402 e. The van der Waals surface area contributed by atoms with Crippen LogP contribution in [-0.4, -0.2) is 88.1 Å². The normalized spacial score (nSPS) is 21.0. The van der Waals surface area contributed by atoms with E-state index in [2.05, 4.69) is 46.0 Å². The van der Waals surface area contributed by atoms with Crippen molar-refractivity contribution in [3.8, 4) is 23.6 Å². The second kappa shape index (κ2) is 28.6. The highest BCUT2D eigenvalue weighted by molar-refractivity contribution is 7.49. The van der Waals surface area contributed by atoms with Crippen LogP contribution in [0.3, 0.4) is 0 Å². The SMILES string of the molecule is CCCCCC(C)CCCCCCCCCCCCOC[C@H](COP(=O)(OC[C@@]1(C#N)O[C@@H](c2ccc(/C(N)=N\C=N)[nH]2)[C@@H]2OC(C)(C)O[C@@H]21)Oc1ccccc1Cl)OCc1ccc(C#N)c(-n2cncn2)c1. The molecule has 2 fully saturated rings. The molecule has 0 radical (unpaired) electrons. The van der Waals surface area contributed by atoms with Crippen molar-refractivity contribution in [1.29, 1.82) is 15.9 Å². The smallest absolute Gasteiger partial charge is 0.402 e. The van der Waals surface area contributed by atoms with Crippen molar-refractivity contribution >= 4 is 31.6 Å². The summed E-state index contributed by atoms with van der Waals surface area (Å²) >= 11 is 6.51. The lowest BCUT2D eigenvalue weighted by Crippen LogP contribution is -2.46. The molecule has 2 aromatic carbocycles. The Morgan fingerprint density at radius 3 is 2.38 bits per heavy atom. The van der Waals surface area contributed by atoms with E-state index in [1.165, 1.54) is 100 Å². The number of hydrogen-bond acceptors (Lipinski definition) is 14. The number of aliphatic imine (C=N–C) groups is 1. The Morgan fingerprint density at radius 1 is 0.973 bits per heavy atom.